The van der Waals surface area contributed by atoms with Gasteiger partial charge in [0.1, 0.15) is 5.60 Å². The number of ether oxygens (including phenoxy) is 1. The number of carboxylic acid groups (broad SMARTS) is 1. The van der Waals surface area contributed by atoms with Crippen LogP contribution in [0.1, 0.15) is 39.5 Å². The highest BCUT2D eigenvalue weighted by molar-refractivity contribution is 5.85. The second-order valence-corrected chi connectivity index (χ2v) is 5.30. The molecule has 96 valence electrons. The Morgan fingerprint density at radius 2 is 1.94 bits per heavy atom. The molecule has 0 spiro atoms. The van der Waals surface area contributed by atoms with E-state index in [4.69, 9.17) is 9.84 Å². The predicted octanol–water partition coefficient (Wildman–Crippen LogP) is 1.86. The van der Waals surface area contributed by atoms with E-state index in [0.29, 0.717) is 0 Å². The number of hydrogen-bond acceptors (Lipinski definition) is 3. The van der Waals surface area contributed by atoms with Crippen molar-refractivity contribution < 1.29 is 19.4 Å². The molecule has 1 aliphatic heterocycles. The summed E-state index contributed by atoms with van der Waals surface area (Å²) in [6, 6.07) is -0.673. The molecule has 0 aromatic heterocycles. The zero-order chi connectivity index (χ0) is 12.6. The van der Waals surface area contributed by atoms with Crippen molar-refractivity contribution >= 4 is 12.1 Å². The van der Waals surface area contributed by atoms with Gasteiger partial charge in [0.25, 0.3) is 0 Å². The molecule has 5 nitrogen and oxygen atoms in total. The first-order chi connectivity index (χ1) is 7.96. The van der Waals surface area contributed by atoms with Crippen molar-refractivity contribution in [2.75, 3.05) is 6.54 Å². The molecule has 1 heterocycles. The topological polar surface area (TPSA) is 66.6 Å². The molecule has 2 aliphatic rings. The van der Waals surface area contributed by atoms with Crippen LogP contribution in [0.2, 0.25) is 0 Å². The van der Waals surface area contributed by atoms with Gasteiger partial charge in [-0.2, -0.15) is 0 Å². The Hall–Kier alpha value is -1.26. The summed E-state index contributed by atoms with van der Waals surface area (Å²) in [5.74, 6) is -0.677. The van der Waals surface area contributed by atoms with E-state index < -0.39 is 18.1 Å². The average Bonchev–Trinajstić information content (AvgIpc) is 2.93. The van der Waals surface area contributed by atoms with Gasteiger partial charge in [0.2, 0.25) is 0 Å². The lowest BCUT2D eigenvalue weighted by Crippen LogP contribution is -2.39. The van der Waals surface area contributed by atoms with Crippen LogP contribution in [0, 0.1) is 5.92 Å². The van der Waals surface area contributed by atoms with Crippen LogP contribution < -0.4 is 0 Å². The van der Waals surface area contributed by atoms with E-state index >= 15 is 0 Å². The normalized spacial score (nSPS) is 26.1. The molecular weight excluding hydrogens is 222 g/mol. The number of aliphatic carboxylic acids is 1. The first-order valence-electron chi connectivity index (χ1n) is 6.19. The third kappa shape index (κ3) is 2.23. The lowest BCUT2D eigenvalue weighted by molar-refractivity contribution is -0.137. The lowest BCUT2D eigenvalue weighted by Gasteiger charge is -2.33. The van der Waals surface area contributed by atoms with Crippen LogP contribution in [0.4, 0.5) is 4.79 Å². The van der Waals surface area contributed by atoms with E-state index in [1.54, 1.807) is 0 Å². The van der Waals surface area contributed by atoms with Gasteiger partial charge in [-0.1, -0.05) is 13.8 Å². The SMILES string of the molecule is CC(C)C1(OC(=O)N2CC2C(=O)O)CCCC1. The summed E-state index contributed by atoms with van der Waals surface area (Å²) in [6.07, 6.45) is 3.47. The van der Waals surface area contributed by atoms with Crippen molar-refractivity contribution in [1.29, 1.82) is 0 Å². The second kappa shape index (κ2) is 4.20. The maximum atomic E-state index is 11.8. The van der Waals surface area contributed by atoms with Gasteiger partial charge in [-0.25, -0.2) is 9.59 Å². The third-order valence-electron chi connectivity index (χ3n) is 3.92. The van der Waals surface area contributed by atoms with E-state index in [2.05, 4.69) is 13.8 Å². The largest absolute Gasteiger partial charge is 0.480 e. The molecule has 0 radical (unpaired) electrons. The summed E-state index contributed by atoms with van der Waals surface area (Å²) < 4.78 is 5.59. The molecule has 0 bridgehead atoms. The van der Waals surface area contributed by atoms with Crippen molar-refractivity contribution in [1.82, 2.24) is 4.90 Å². The van der Waals surface area contributed by atoms with Crippen LogP contribution in [0.25, 0.3) is 0 Å². The van der Waals surface area contributed by atoms with Crippen molar-refractivity contribution in [2.24, 2.45) is 5.92 Å². The van der Waals surface area contributed by atoms with Crippen LogP contribution >= 0.6 is 0 Å². The smallest absolute Gasteiger partial charge is 0.411 e. The van der Waals surface area contributed by atoms with Crippen LogP contribution in [0.15, 0.2) is 0 Å². The molecule has 0 aromatic carbocycles. The molecule has 1 saturated heterocycles. The zero-order valence-electron chi connectivity index (χ0n) is 10.3. The van der Waals surface area contributed by atoms with Crippen LogP contribution in [0.3, 0.4) is 0 Å². The summed E-state index contributed by atoms with van der Waals surface area (Å²) in [5, 5.41) is 8.76. The molecule has 0 aromatic rings. The first-order valence-corrected chi connectivity index (χ1v) is 6.19. The molecule has 1 amide bonds. The van der Waals surface area contributed by atoms with E-state index in [-0.39, 0.29) is 18.1 Å². The zero-order valence-corrected chi connectivity index (χ0v) is 10.3. The monoisotopic (exact) mass is 241 g/mol. The Kier molecular flexibility index (Phi) is 3.02. The molecule has 17 heavy (non-hydrogen) atoms. The fourth-order valence-corrected chi connectivity index (χ4v) is 2.56. The molecule has 1 unspecified atom stereocenters. The summed E-state index contributed by atoms with van der Waals surface area (Å²) in [6.45, 7) is 4.38. The number of hydrogen-bond donors (Lipinski definition) is 1. The van der Waals surface area contributed by atoms with Gasteiger partial charge >= 0.3 is 12.1 Å². The quantitative estimate of drug-likeness (QED) is 0.766. The van der Waals surface area contributed by atoms with Gasteiger partial charge in [0, 0.05) is 0 Å². The van der Waals surface area contributed by atoms with Gasteiger partial charge in [-0.15, -0.1) is 0 Å². The highest BCUT2D eigenvalue weighted by atomic mass is 16.6. The standard InChI is InChI=1S/C12H19NO4/c1-8(2)12(5-3-4-6-12)17-11(16)13-7-9(13)10(14)15/h8-9H,3-7H2,1-2H3,(H,14,15). The molecule has 1 aliphatic carbocycles. The van der Waals surface area contributed by atoms with Crippen molar-refractivity contribution in [3.8, 4) is 0 Å². The van der Waals surface area contributed by atoms with Crippen LogP contribution in [-0.4, -0.2) is 40.3 Å². The van der Waals surface area contributed by atoms with E-state index in [1.807, 2.05) is 0 Å². The summed E-state index contributed by atoms with van der Waals surface area (Å²) >= 11 is 0. The maximum Gasteiger partial charge on any atom is 0.411 e. The summed E-state index contributed by atoms with van der Waals surface area (Å²) in [7, 11) is 0. The second-order valence-electron chi connectivity index (χ2n) is 5.30. The van der Waals surface area contributed by atoms with Gasteiger partial charge in [0.15, 0.2) is 6.04 Å². The van der Waals surface area contributed by atoms with E-state index in [0.717, 1.165) is 25.7 Å². The predicted molar refractivity (Wildman–Crippen MR) is 60.6 cm³/mol. The molecule has 5 heteroatoms. The van der Waals surface area contributed by atoms with E-state index in [1.165, 1.54) is 4.90 Å². The maximum absolute atomic E-state index is 11.8. The Bertz CT molecular complexity index is 333. The molecule has 2 fully saturated rings. The number of nitrogens with zero attached hydrogens (tertiary/aromatic N) is 1. The lowest BCUT2D eigenvalue weighted by atomic mass is 9.88. The van der Waals surface area contributed by atoms with E-state index in [9.17, 15) is 9.59 Å². The van der Waals surface area contributed by atoms with Gasteiger partial charge in [-0.05, 0) is 31.6 Å². The van der Waals surface area contributed by atoms with Crippen molar-refractivity contribution in [3.63, 3.8) is 0 Å². The molecular formula is C12H19NO4. The van der Waals surface area contributed by atoms with Crippen molar-refractivity contribution in [3.05, 3.63) is 0 Å². The fourth-order valence-electron chi connectivity index (χ4n) is 2.56. The Labute approximate surface area is 101 Å². The summed E-state index contributed by atoms with van der Waals surface area (Å²) in [5.41, 5.74) is -0.372. The number of amides is 1. The Balaban J connectivity index is 1.96. The van der Waals surface area contributed by atoms with Gasteiger partial charge in [-0.3, -0.25) is 4.90 Å². The number of carboxylic acids is 1. The minimum atomic E-state index is -0.952. The number of rotatable bonds is 3. The Morgan fingerprint density at radius 3 is 2.35 bits per heavy atom. The molecule has 1 saturated carbocycles. The highest BCUT2D eigenvalue weighted by Crippen LogP contribution is 2.40. The van der Waals surface area contributed by atoms with Crippen molar-refractivity contribution in [2.45, 2.75) is 51.2 Å². The van der Waals surface area contributed by atoms with Crippen LogP contribution in [-0.2, 0) is 9.53 Å². The number of carbonyl (C=O) groups is 2. The first kappa shape index (κ1) is 12.2. The Morgan fingerprint density at radius 1 is 1.35 bits per heavy atom. The molecule has 1 N–H and O–H groups in total. The fraction of sp³-hybridized carbons (Fsp3) is 0.833. The third-order valence-corrected chi connectivity index (χ3v) is 3.92. The number of carbonyl (C=O) groups excluding carboxylic acids is 1. The van der Waals surface area contributed by atoms with Crippen LogP contribution in [0.5, 0.6) is 0 Å². The van der Waals surface area contributed by atoms with Gasteiger partial charge < -0.3 is 9.84 Å². The average molecular weight is 241 g/mol. The highest BCUT2D eigenvalue weighted by Gasteiger charge is 2.49. The van der Waals surface area contributed by atoms with Gasteiger partial charge in [0.05, 0.1) is 6.54 Å². The minimum absolute atomic E-state index is 0.275. The summed E-state index contributed by atoms with van der Waals surface area (Å²) in [4.78, 5) is 23.8. The minimum Gasteiger partial charge on any atom is -0.480 e. The molecule has 2 rings (SSSR count). The molecule has 1 atom stereocenters.